The lowest BCUT2D eigenvalue weighted by Crippen LogP contribution is -1.81. The average molecular weight is 113 g/mol. The topological polar surface area (TPSA) is 0 Å². The fourth-order valence-corrected chi connectivity index (χ4v) is 0.571. The van der Waals surface area contributed by atoms with Crippen LogP contribution in [0.3, 0.4) is 0 Å². The van der Waals surface area contributed by atoms with Gasteiger partial charge in [-0.25, -0.2) is 0 Å². The summed E-state index contributed by atoms with van der Waals surface area (Å²) in [6.45, 7) is 0. The van der Waals surface area contributed by atoms with Crippen molar-refractivity contribution in [2.45, 2.75) is 6.42 Å². The molecule has 36 valence electrons. The Bertz CT molecular complexity index is 103. The van der Waals surface area contributed by atoms with Gasteiger partial charge in [0.05, 0.1) is 5.38 Å². The maximum absolute atomic E-state index is 5.58. The van der Waals surface area contributed by atoms with Crippen molar-refractivity contribution in [2.75, 3.05) is 0 Å². The molecule has 1 heteroatoms. The first-order chi connectivity index (χ1) is 3.39. The highest BCUT2D eigenvalue weighted by molar-refractivity contribution is 6.28. The number of hydrogen-bond donors (Lipinski definition) is 0. The number of allylic oxidation sites excluding steroid dienone is 4. The maximum Gasteiger partial charge on any atom is 0.0893 e. The minimum atomic E-state index is 0.845. The van der Waals surface area contributed by atoms with Gasteiger partial charge in [-0.2, -0.15) is 0 Å². The van der Waals surface area contributed by atoms with Crippen LogP contribution in [0, 0.1) is 11.5 Å². The quantitative estimate of drug-likeness (QED) is 0.450. The van der Waals surface area contributed by atoms with E-state index in [4.69, 9.17) is 11.6 Å². The van der Waals surface area contributed by atoms with E-state index in [0.29, 0.717) is 0 Å². The lowest BCUT2D eigenvalue weighted by atomic mass is 10.2. The van der Waals surface area contributed by atoms with Gasteiger partial charge in [0.1, 0.15) is 0 Å². The zero-order chi connectivity index (χ0) is 5.11. The molecular formula is C6H5Cl. The normalized spacial score (nSPS) is 20.7. The molecule has 1 rings (SSSR count). The van der Waals surface area contributed by atoms with Gasteiger partial charge in [-0.3, -0.25) is 0 Å². The summed E-state index contributed by atoms with van der Waals surface area (Å²) < 4.78 is 0. The predicted molar refractivity (Wildman–Crippen MR) is 30.7 cm³/mol. The molecule has 0 heterocycles. The first kappa shape index (κ1) is 4.92. The summed E-state index contributed by atoms with van der Waals surface area (Å²) in [5.41, 5.74) is 0. The smallest absolute Gasteiger partial charge is 0.0893 e. The molecule has 0 bridgehead atoms. The third kappa shape index (κ3) is 1.36. The van der Waals surface area contributed by atoms with Crippen LogP contribution in [0.2, 0.25) is 0 Å². The Morgan fingerprint density at radius 3 is 2.86 bits per heavy atom. The molecule has 0 aromatic carbocycles. The van der Waals surface area contributed by atoms with Crippen molar-refractivity contribution in [2.24, 2.45) is 0 Å². The van der Waals surface area contributed by atoms with Crippen LogP contribution in [0.4, 0.5) is 0 Å². The third-order valence-electron chi connectivity index (χ3n) is 0.775. The summed E-state index contributed by atoms with van der Waals surface area (Å²) in [5.74, 6) is 0. The lowest BCUT2D eigenvalue weighted by molar-refractivity contribution is 1.20. The van der Waals surface area contributed by atoms with Gasteiger partial charge < -0.3 is 0 Å². The van der Waals surface area contributed by atoms with E-state index in [0.717, 1.165) is 11.8 Å². The SMILES string of the molecule is Cl[C]1C=C[C]=CC1. The number of halogens is 1. The Balaban J connectivity index is 2.49. The second kappa shape index (κ2) is 2.17. The third-order valence-corrected chi connectivity index (χ3v) is 1.06. The van der Waals surface area contributed by atoms with Crippen LogP contribution in [-0.2, 0) is 0 Å². The second-order valence-electron chi connectivity index (χ2n) is 1.36. The Labute approximate surface area is 48.5 Å². The molecule has 1 aliphatic rings. The second-order valence-corrected chi connectivity index (χ2v) is 1.84. The molecule has 0 aromatic rings. The van der Waals surface area contributed by atoms with Crippen molar-refractivity contribution in [3.8, 4) is 0 Å². The van der Waals surface area contributed by atoms with E-state index < -0.39 is 0 Å². The summed E-state index contributed by atoms with van der Waals surface area (Å²) in [6.07, 6.45) is 9.31. The molecule has 0 nitrogen and oxygen atoms in total. The van der Waals surface area contributed by atoms with E-state index in [1.807, 2.05) is 18.2 Å². The van der Waals surface area contributed by atoms with Crippen LogP contribution in [0.15, 0.2) is 18.2 Å². The highest BCUT2D eigenvalue weighted by Crippen LogP contribution is 2.16. The number of rotatable bonds is 0. The fourth-order valence-electron chi connectivity index (χ4n) is 0.431. The summed E-state index contributed by atoms with van der Waals surface area (Å²) in [5, 5.41) is 0.888. The Kier molecular flexibility index (Phi) is 1.53. The summed E-state index contributed by atoms with van der Waals surface area (Å²) >= 11 is 5.58. The molecule has 0 spiro atoms. The molecule has 0 saturated carbocycles. The molecule has 0 atom stereocenters. The predicted octanol–water partition coefficient (Wildman–Crippen LogP) is 2.08. The zero-order valence-electron chi connectivity index (χ0n) is 3.82. The van der Waals surface area contributed by atoms with Crippen molar-refractivity contribution >= 4 is 11.6 Å². The molecule has 0 amide bonds. The van der Waals surface area contributed by atoms with Gasteiger partial charge in [0.15, 0.2) is 0 Å². The van der Waals surface area contributed by atoms with Gasteiger partial charge in [0.2, 0.25) is 0 Å². The largest absolute Gasteiger partial charge is 0.112 e. The highest BCUT2D eigenvalue weighted by atomic mass is 35.5. The Morgan fingerprint density at radius 1 is 1.71 bits per heavy atom. The first-order valence-electron chi connectivity index (χ1n) is 2.15. The molecule has 0 aliphatic heterocycles. The molecular weight excluding hydrogens is 108 g/mol. The van der Waals surface area contributed by atoms with Crippen LogP contribution in [0.25, 0.3) is 0 Å². The zero-order valence-corrected chi connectivity index (χ0v) is 4.57. The molecule has 0 N–H and O–H groups in total. The molecule has 0 saturated heterocycles. The Morgan fingerprint density at radius 2 is 2.57 bits per heavy atom. The van der Waals surface area contributed by atoms with Gasteiger partial charge in [0, 0.05) is 0 Å². The molecule has 0 fully saturated rings. The fraction of sp³-hybridized carbons (Fsp3) is 0.167. The number of hydrogen-bond acceptors (Lipinski definition) is 0. The average Bonchev–Trinajstić information content (AvgIpc) is 1.69. The molecule has 2 radical (unpaired) electrons. The van der Waals surface area contributed by atoms with E-state index in [1.165, 1.54) is 0 Å². The molecule has 0 unspecified atom stereocenters. The Hall–Kier alpha value is -0.230. The van der Waals surface area contributed by atoms with E-state index in [2.05, 4.69) is 6.08 Å². The monoisotopic (exact) mass is 112 g/mol. The lowest BCUT2D eigenvalue weighted by Gasteiger charge is -1.98. The highest BCUT2D eigenvalue weighted by Gasteiger charge is 1.97. The minimum absolute atomic E-state index is 0.845. The van der Waals surface area contributed by atoms with Crippen LogP contribution in [-0.4, -0.2) is 0 Å². The van der Waals surface area contributed by atoms with Gasteiger partial charge in [-0.15, -0.1) is 11.6 Å². The van der Waals surface area contributed by atoms with Gasteiger partial charge >= 0.3 is 0 Å². The van der Waals surface area contributed by atoms with Crippen molar-refractivity contribution in [1.82, 2.24) is 0 Å². The summed E-state index contributed by atoms with van der Waals surface area (Å²) in [7, 11) is 0. The van der Waals surface area contributed by atoms with Crippen LogP contribution in [0.5, 0.6) is 0 Å². The van der Waals surface area contributed by atoms with Gasteiger partial charge in [-0.05, 0) is 12.5 Å². The van der Waals surface area contributed by atoms with Gasteiger partial charge in [-0.1, -0.05) is 18.2 Å². The van der Waals surface area contributed by atoms with Crippen molar-refractivity contribution in [1.29, 1.82) is 0 Å². The van der Waals surface area contributed by atoms with Crippen LogP contribution < -0.4 is 0 Å². The maximum atomic E-state index is 5.58. The van der Waals surface area contributed by atoms with Crippen LogP contribution >= 0.6 is 11.6 Å². The minimum Gasteiger partial charge on any atom is -0.112 e. The van der Waals surface area contributed by atoms with E-state index in [-0.39, 0.29) is 0 Å². The van der Waals surface area contributed by atoms with E-state index >= 15 is 0 Å². The van der Waals surface area contributed by atoms with Crippen molar-refractivity contribution in [3.63, 3.8) is 0 Å². The van der Waals surface area contributed by atoms with Crippen molar-refractivity contribution in [3.05, 3.63) is 29.7 Å². The summed E-state index contributed by atoms with van der Waals surface area (Å²) in [4.78, 5) is 0. The summed E-state index contributed by atoms with van der Waals surface area (Å²) in [6, 6.07) is 0. The molecule has 1 aliphatic carbocycles. The van der Waals surface area contributed by atoms with Crippen molar-refractivity contribution < 1.29 is 0 Å². The van der Waals surface area contributed by atoms with Gasteiger partial charge in [0.25, 0.3) is 0 Å². The molecule has 0 aromatic heterocycles. The van der Waals surface area contributed by atoms with E-state index in [9.17, 15) is 0 Å². The van der Waals surface area contributed by atoms with Crippen LogP contribution in [0.1, 0.15) is 6.42 Å². The van der Waals surface area contributed by atoms with E-state index in [1.54, 1.807) is 0 Å². The standard InChI is InChI=1S/C6H5Cl/c7-6-4-2-1-3-5-6/h2-4H,5H2. The molecule has 7 heavy (non-hydrogen) atoms. The first-order valence-corrected chi connectivity index (χ1v) is 2.53.